The molecule has 0 aliphatic carbocycles. The van der Waals surface area contributed by atoms with Crippen LogP contribution in [0.2, 0.25) is 0 Å². The third kappa shape index (κ3) is 3.18. The van der Waals surface area contributed by atoms with Crippen LogP contribution in [-0.2, 0) is 9.47 Å². The summed E-state index contributed by atoms with van der Waals surface area (Å²) in [5, 5.41) is 8.93. The molecule has 1 aromatic rings. The minimum atomic E-state index is -0.992. The van der Waals surface area contributed by atoms with E-state index in [2.05, 4.69) is 0 Å². The number of hydrogen-bond donors (Lipinski definition) is 1. The Morgan fingerprint density at radius 3 is 2.76 bits per heavy atom. The van der Waals surface area contributed by atoms with E-state index in [1.165, 1.54) is 6.07 Å². The molecule has 1 N–H and O–H groups in total. The van der Waals surface area contributed by atoms with E-state index in [-0.39, 0.29) is 11.7 Å². The summed E-state index contributed by atoms with van der Waals surface area (Å²) >= 11 is 0. The molecule has 0 spiro atoms. The first-order valence-corrected chi connectivity index (χ1v) is 5.42. The molecule has 5 heteroatoms. The monoisotopic (exact) mass is 238 g/mol. The van der Waals surface area contributed by atoms with E-state index in [9.17, 15) is 4.79 Å². The third-order valence-electron chi connectivity index (χ3n) is 2.42. The van der Waals surface area contributed by atoms with Gasteiger partial charge in [0.2, 0.25) is 0 Å². The standard InChI is InChI=1S/C12H14O5/c13-12(14)10-3-1-2-4-11(10)17-6-5-16-9-7-15-8-9/h1-4,9H,5-8H2,(H,13,14). The van der Waals surface area contributed by atoms with Crippen LogP contribution in [-0.4, -0.2) is 43.6 Å². The van der Waals surface area contributed by atoms with Crippen molar-refractivity contribution in [2.75, 3.05) is 26.4 Å². The zero-order valence-electron chi connectivity index (χ0n) is 9.30. The molecule has 0 aromatic heterocycles. The molecule has 0 atom stereocenters. The van der Waals surface area contributed by atoms with Crippen LogP contribution in [0.1, 0.15) is 10.4 Å². The van der Waals surface area contributed by atoms with Crippen molar-refractivity contribution in [2.45, 2.75) is 6.10 Å². The SMILES string of the molecule is O=C(O)c1ccccc1OCCOC1COC1. The molecule has 1 aliphatic heterocycles. The molecule has 1 saturated heterocycles. The topological polar surface area (TPSA) is 65.0 Å². The lowest BCUT2D eigenvalue weighted by atomic mass is 10.2. The van der Waals surface area contributed by atoms with Gasteiger partial charge in [0.15, 0.2) is 0 Å². The first-order chi connectivity index (χ1) is 8.27. The molecular weight excluding hydrogens is 224 g/mol. The third-order valence-corrected chi connectivity index (χ3v) is 2.42. The number of carboxylic acid groups (broad SMARTS) is 1. The largest absolute Gasteiger partial charge is 0.490 e. The van der Waals surface area contributed by atoms with Crippen molar-refractivity contribution >= 4 is 5.97 Å². The van der Waals surface area contributed by atoms with Crippen LogP contribution >= 0.6 is 0 Å². The summed E-state index contributed by atoms with van der Waals surface area (Å²) in [5.41, 5.74) is 0.166. The second-order valence-electron chi connectivity index (χ2n) is 3.68. The van der Waals surface area contributed by atoms with Crippen molar-refractivity contribution in [1.29, 1.82) is 0 Å². The fourth-order valence-electron chi connectivity index (χ4n) is 1.45. The van der Waals surface area contributed by atoms with Crippen molar-refractivity contribution in [2.24, 2.45) is 0 Å². The summed E-state index contributed by atoms with van der Waals surface area (Å²) in [4.78, 5) is 10.9. The average molecular weight is 238 g/mol. The lowest BCUT2D eigenvalue weighted by molar-refractivity contribution is -0.132. The molecule has 0 unspecified atom stereocenters. The Kier molecular flexibility index (Phi) is 3.95. The highest BCUT2D eigenvalue weighted by molar-refractivity contribution is 5.90. The Hall–Kier alpha value is -1.59. The highest BCUT2D eigenvalue weighted by Crippen LogP contribution is 2.17. The number of ether oxygens (including phenoxy) is 3. The molecule has 1 aliphatic rings. The molecular formula is C12H14O5. The van der Waals surface area contributed by atoms with E-state index in [0.29, 0.717) is 32.2 Å². The number of rotatable bonds is 6. The van der Waals surface area contributed by atoms with Crippen molar-refractivity contribution < 1.29 is 24.1 Å². The smallest absolute Gasteiger partial charge is 0.339 e. The Balaban J connectivity index is 1.79. The highest BCUT2D eigenvalue weighted by atomic mass is 16.6. The Labute approximate surface area is 98.9 Å². The van der Waals surface area contributed by atoms with E-state index in [1.807, 2.05) is 0 Å². The lowest BCUT2D eigenvalue weighted by Gasteiger charge is -2.25. The number of aromatic carboxylic acids is 1. The molecule has 92 valence electrons. The van der Waals surface area contributed by atoms with Crippen LogP contribution in [0.25, 0.3) is 0 Å². The van der Waals surface area contributed by atoms with Crippen LogP contribution in [0.3, 0.4) is 0 Å². The molecule has 0 saturated carbocycles. The molecule has 2 rings (SSSR count). The van der Waals surface area contributed by atoms with Gasteiger partial charge in [0.05, 0.1) is 19.8 Å². The minimum absolute atomic E-state index is 0.160. The van der Waals surface area contributed by atoms with E-state index < -0.39 is 5.97 Å². The van der Waals surface area contributed by atoms with Crippen LogP contribution in [0.5, 0.6) is 5.75 Å². The van der Waals surface area contributed by atoms with Gasteiger partial charge in [0.1, 0.15) is 24.0 Å². The fourth-order valence-corrected chi connectivity index (χ4v) is 1.45. The van der Waals surface area contributed by atoms with Gasteiger partial charge in [0.25, 0.3) is 0 Å². The van der Waals surface area contributed by atoms with Crippen LogP contribution < -0.4 is 4.74 Å². The molecule has 5 nitrogen and oxygen atoms in total. The van der Waals surface area contributed by atoms with Gasteiger partial charge in [0, 0.05) is 0 Å². The van der Waals surface area contributed by atoms with E-state index >= 15 is 0 Å². The van der Waals surface area contributed by atoms with Gasteiger partial charge in [-0.05, 0) is 12.1 Å². The van der Waals surface area contributed by atoms with Gasteiger partial charge in [-0.1, -0.05) is 12.1 Å². The fraction of sp³-hybridized carbons (Fsp3) is 0.417. The first kappa shape index (κ1) is 11.9. The number of hydrogen-bond acceptors (Lipinski definition) is 4. The van der Waals surface area contributed by atoms with Gasteiger partial charge in [-0.15, -0.1) is 0 Å². The number of carboxylic acids is 1. The van der Waals surface area contributed by atoms with Crippen molar-refractivity contribution in [3.8, 4) is 5.75 Å². The quantitative estimate of drug-likeness (QED) is 0.754. The zero-order valence-corrected chi connectivity index (χ0v) is 9.30. The second-order valence-corrected chi connectivity index (χ2v) is 3.68. The van der Waals surface area contributed by atoms with Crippen molar-refractivity contribution in [3.63, 3.8) is 0 Å². The summed E-state index contributed by atoms with van der Waals surface area (Å²) in [6.07, 6.45) is 0.160. The Morgan fingerprint density at radius 1 is 1.35 bits per heavy atom. The zero-order chi connectivity index (χ0) is 12.1. The van der Waals surface area contributed by atoms with Gasteiger partial charge in [-0.2, -0.15) is 0 Å². The van der Waals surface area contributed by atoms with Gasteiger partial charge < -0.3 is 19.3 Å². The molecule has 1 fully saturated rings. The summed E-state index contributed by atoms with van der Waals surface area (Å²) in [5.74, 6) is -0.623. The van der Waals surface area contributed by atoms with Crippen LogP contribution in [0, 0.1) is 0 Å². The van der Waals surface area contributed by atoms with E-state index in [1.54, 1.807) is 18.2 Å². The Bertz CT molecular complexity index is 386. The number of para-hydroxylation sites is 1. The molecule has 1 heterocycles. The summed E-state index contributed by atoms with van der Waals surface area (Å²) in [6, 6.07) is 6.55. The van der Waals surface area contributed by atoms with E-state index in [4.69, 9.17) is 19.3 Å². The molecule has 0 radical (unpaired) electrons. The molecule has 17 heavy (non-hydrogen) atoms. The molecule has 0 bridgehead atoms. The number of carbonyl (C=O) groups is 1. The lowest BCUT2D eigenvalue weighted by Crippen LogP contribution is -2.37. The highest BCUT2D eigenvalue weighted by Gasteiger charge is 2.18. The van der Waals surface area contributed by atoms with E-state index in [0.717, 1.165) is 0 Å². The van der Waals surface area contributed by atoms with Gasteiger partial charge in [-0.3, -0.25) is 0 Å². The predicted molar refractivity (Wildman–Crippen MR) is 59.5 cm³/mol. The summed E-state index contributed by atoms with van der Waals surface area (Å²) in [7, 11) is 0. The first-order valence-electron chi connectivity index (χ1n) is 5.42. The minimum Gasteiger partial charge on any atom is -0.490 e. The maximum atomic E-state index is 10.9. The maximum absolute atomic E-state index is 10.9. The summed E-state index contributed by atoms with van der Waals surface area (Å²) < 4.78 is 15.7. The molecule has 1 aromatic carbocycles. The van der Waals surface area contributed by atoms with Crippen molar-refractivity contribution in [3.05, 3.63) is 29.8 Å². The average Bonchev–Trinajstić information content (AvgIpc) is 2.26. The maximum Gasteiger partial charge on any atom is 0.339 e. The normalized spacial score (nSPS) is 15.3. The molecule has 0 amide bonds. The van der Waals surface area contributed by atoms with Crippen LogP contribution in [0.15, 0.2) is 24.3 Å². The van der Waals surface area contributed by atoms with Gasteiger partial charge in [-0.25, -0.2) is 4.79 Å². The van der Waals surface area contributed by atoms with Gasteiger partial charge >= 0.3 is 5.97 Å². The predicted octanol–water partition coefficient (Wildman–Crippen LogP) is 1.18. The van der Waals surface area contributed by atoms with Crippen LogP contribution in [0.4, 0.5) is 0 Å². The van der Waals surface area contributed by atoms with Crippen molar-refractivity contribution in [1.82, 2.24) is 0 Å². The summed E-state index contributed by atoms with van der Waals surface area (Å²) in [6.45, 7) is 2.03. The number of benzene rings is 1. The second kappa shape index (κ2) is 5.65. The Morgan fingerprint density at radius 2 is 2.12 bits per heavy atom.